The van der Waals surface area contributed by atoms with E-state index in [1.165, 1.54) is 12.1 Å². The summed E-state index contributed by atoms with van der Waals surface area (Å²) in [5, 5.41) is 0. The molecule has 0 bridgehead atoms. The van der Waals surface area contributed by atoms with Gasteiger partial charge in [0, 0.05) is 6.54 Å². The van der Waals surface area contributed by atoms with Gasteiger partial charge in [-0.1, -0.05) is 31.2 Å². The molecule has 0 atom stereocenters. The zero-order chi connectivity index (χ0) is 14.6. The number of hydrogen-bond donors (Lipinski definition) is 1. The van der Waals surface area contributed by atoms with E-state index in [1.807, 2.05) is 6.92 Å². The van der Waals surface area contributed by atoms with Gasteiger partial charge in [-0.05, 0) is 41.8 Å². The van der Waals surface area contributed by atoms with Crippen molar-refractivity contribution in [2.45, 2.75) is 24.8 Å². The molecular weight excluding hydrogens is 277 g/mol. The number of rotatable bonds is 5. The lowest BCUT2D eigenvalue weighted by molar-refractivity contribution is 0.580. The van der Waals surface area contributed by atoms with Crippen LogP contribution in [0.3, 0.4) is 0 Å². The average Bonchev–Trinajstić information content (AvgIpc) is 2.45. The van der Waals surface area contributed by atoms with Crippen LogP contribution in [0.5, 0.6) is 0 Å². The van der Waals surface area contributed by atoms with Crippen LogP contribution in [-0.2, 0) is 23.0 Å². The molecule has 20 heavy (non-hydrogen) atoms. The van der Waals surface area contributed by atoms with Crippen LogP contribution in [0.2, 0.25) is 0 Å². The Morgan fingerprint density at radius 1 is 1.05 bits per heavy atom. The Kier molecular flexibility index (Phi) is 4.52. The minimum atomic E-state index is -3.57. The predicted octanol–water partition coefficient (Wildman–Crippen LogP) is 2.87. The molecule has 0 spiro atoms. The maximum atomic E-state index is 13.0. The zero-order valence-corrected chi connectivity index (χ0v) is 12.0. The molecule has 0 fully saturated rings. The van der Waals surface area contributed by atoms with E-state index in [0.717, 1.165) is 12.0 Å². The fourth-order valence-electron chi connectivity index (χ4n) is 1.81. The standard InChI is InChI=1S/C15H16FNO2S/c1-2-12-6-8-15(9-7-12)20(18,19)17-11-13-4-3-5-14(16)10-13/h3-10,17H,2,11H2,1H3. The molecule has 0 radical (unpaired) electrons. The summed E-state index contributed by atoms with van der Waals surface area (Å²) >= 11 is 0. The Morgan fingerprint density at radius 3 is 2.35 bits per heavy atom. The van der Waals surface area contributed by atoms with Gasteiger partial charge in [0.25, 0.3) is 0 Å². The van der Waals surface area contributed by atoms with Gasteiger partial charge in [0.2, 0.25) is 10.0 Å². The molecule has 1 N–H and O–H groups in total. The topological polar surface area (TPSA) is 46.2 Å². The Balaban J connectivity index is 2.10. The molecule has 2 rings (SSSR count). The molecule has 0 saturated heterocycles. The molecule has 0 heterocycles. The Hall–Kier alpha value is -1.72. The van der Waals surface area contributed by atoms with E-state index in [-0.39, 0.29) is 17.3 Å². The first-order valence-corrected chi connectivity index (χ1v) is 7.82. The second-order valence-electron chi connectivity index (χ2n) is 4.45. The van der Waals surface area contributed by atoms with E-state index in [2.05, 4.69) is 4.72 Å². The summed E-state index contributed by atoms with van der Waals surface area (Å²) in [4.78, 5) is 0.214. The summed E-state index contributed by atoms with van der Waals surface area (Å²) in [6.07, 6.45) is 0.858. The minimum Gasteiger partial charge on any atom is -0.207 e. The third-order valence-corrected chi connectivity index (χ3v) is 4.41. The molecule has 3 nitrogen and oxygen atoms in total. The number of nitrogens with one attached hydrogen (secondary N) is 1. The normalized spacial score (nSPS) is 11.5. The lowest BCUT2D eigenvalue weighted by Crippen LogP contribution is -2.23. The van der Waals surface area contributed by atoms with Crippen molar-refractivity contribution in [3.05, 3.63) is 65.5 Å². The molecule has 0 saturated carbocycles. The van der Waals surface area contributed by atoms with Gasteiger partial charge in [-0.25, -0.2) is 17.5 Å². The van der Waals surface area contributed by atoms with Gasteiger partial charge < -0.3 is 0 Å². The van der Waals surface area contributed by atoms with Gasteiger partial charge in [0.1, 0.15) is 5.82 Å². The van der Waals surface area contributed by atoms with E-state index in [1.54, 1.807) is 36.4 Å². The van der Waals surface area contributed by atoms with Crippen LogP contribution in [0.25, 0.3) is 0 Å². The van der Waals surface area contributed by atoms with Gasteiger partial charge in [-0.3, -0.25) is 0 Å². The van der Waals surface area contributed by atoms with Crippen LogP contribution in [0.4, 0.5) is 4.39 Å². The number of aryl methyl sites for hydroxylation is 1. The van der Waals surface area contributed by atoms with Gasteiger partial charge in [-0.15, -0.1) is 0 Å². The molecule has 0 aliphatic rings. The van der Waals surface area contributed by atoms with Crippen molar-refractivity contribution in [1.29, 1.82) is 0 Å². The lowest BCUT2D eigenvalue weighted by atomic mass is 10.2. The molecule has 0 aromatic heterocycles. The van der Waals surface area contributed by atoms with Crippen LogP contribution in [0, 0.1) is 5.82 Å². The number of benzene rings is 2. The molecule has 2 aromatic rings. The highest BCUT2D eigenvalue weighted by molar-refractivity contribution is 7.89. The highest BCUT2D eigenvalue weighted by Crippen LogP contribution is 2.12. The molecule has 0 aliphatic carbocycles. The molecule has 0 amide bonds. The molecule has 0 aliphatic heterocycles. The van der Waals surface area contributed by atoms with Gasteiger partial charge in [-0.2, -0.15) is 0 Å². The first kappa shape index (κ1) is 14.7. The van der Waals surface area contributed by atoms with E-state index >= 15 is 0 Å². The van der Waals surface area contributed by atoms with Crippen LogP contribution >= 0.6 is 0 Å². The summed E-state index contributed by atoms with van der Waals surface area (Å²) in [6.45, 7) is 2.07. The summed E-state index contributed by atoms with van der Waals surface area (Å²) in [6, 6.07) is 12.6. The Morgan fingerprint density at radius 2 is 1.75 bits per heavy atom. The smallest absolute Gasteiger partial charge is 0.207 e. The van der Waals surface area contributed by atoms with E-state index in [9.17, 15) is 12.8 Å². The molecule has 2 aromatic carbocycles. The quantitative estimate of drug-likeness (QED) is 0.921. The van der Waals surface area contributed by atoms with E-state index in [4.69, 9.17) is 0 Å². The third kappa shape index (κ3) is 3.65. The second-order valence-corrected chi connectivity index (χ2v) is 6.22. The maximum absolute atomic E-state index is 13.0. The highest BCUT2D eigenvalue weighted by Gasteiger charge is 2.13. The van der Waals surface area contributed by atoms with Crippen molar-refractivity contribution < 1.29 is 12.8 Å². The maximum Gasteiger partial charge on any atom is 0.240 e. The summed E-state index contributed by atoms with van der Waals surface area (Å²) in [7, 11) is -3.57. The fraction of sp³-hybridized carbons (Fsp3) is 0.200. The van der Waals surface area contributed by atoms with Crippen molar-refractivity contribution in [3.8, 4) is 0 Å². The zero-order valence-electron chi connectivity index (χ0n) is 11.1. The largest absolute Gasteiger partial charge is 0.240 e. The van der Waals surface area contributed by atoms with Crippen LogP contribution < -0.4 is 4.72 Å². The summed E-state index contributed by atoms with van der Waals surface area (Å²) < 4.78 is 39.6. The van der Waals surface area contributed by atoms with Gasteiger partial charge in [0.05, 0.1) is 4.90 Å². The van der Waals surface area contributed by atoms with Crippen molar-refractivity contribution in [2.24, 2.45) is 0 Å². The first-order chi connectivity index (χ1) is 9.51. The minimum absolute atomic E-state index is 0.0651. The van der Waals surface area contributed by atoms with Crippen LogP contribution in [-0.4, -0.2) is 8.42 Å². The molecular formula is C15H16FNO2S. The molecule has 0 unspecified atom stereocenters. The van der Waals surface area contributed by atoms with Crippen molar-refractivity contribution >= 4 is 10.0 Å². The summed E-state index contributed by atoms with van der Waals surface area (Å²) in [5.41, 5.74) is 1.66. The Labute approximate surface area is 118 Å². The number of hydrogen-bond acceptors (Lipinski definition) is 2. The first-order valence-electron chi connectivity index (χ1n) is 6.34. The highest BCUT2D eigenvalue weighted by atomic mass is 32.2. The van der Waals surface area contributed by atoms with Crippen molar-refractivity contribution in [2.75, 3.05) is 0 Å². The molecule has 106 valence electrons. The lowest BCUT2D eigenvalue weighted by Gasteiger charge is -2.07. The van der Waals surface area contributed by atoms with E-state index in [0.29, 0.717) is 5.56 Å². The average molecular weight is 293 g/mol. The SMILES string of the molecule is CCc1ccc(S(=O)(=O)NCc2cccc(F)c2)cc1. The van der Waals surface area contributed by atoms with Crippen LogP contribution in [0.1, 0.15) is 18.1 Å². The molecule has 5 heteroatoms. The van der Waals surface area contributed by atoms with Crippen molar-refractivity contribution in [3.63, 3.8) is 0 Å². The summed E-state index contributed by atoms with van der Waals surface area (Å²) in [5.74, 6) is -0.381. The fourth-order valence-corrected chi connectivity index (χ4v) is 2.83. The number of sulfonamides is 1. The Bertz CT molecular complexity index is 681. The third-order valence-electron chi connectivity index (χ3n) is 3.00. The van der Waals surface area contributed by atoms with E-state index < -0.39 is 10.0 Å². The van der Waals surface area contributed by atoms with Gasteiger partial charge in [0.15, 0.2) is 0 Å². The predicted molar refractivity (Wildman–Crippen MR) is 76.2 cm³/mol. The number of halogens is 1. The van der Waals surface area contributed by atoms with Crippen LogP contribution in [0.15, 0.2) is 53.4 Å². The van der Waals surface area contributed by atoms with Crippen molar-refractivity contribution in [1.82, 2.24) is 4.72 Å². The van der Waals surface area contributed by atoms with Gasteiger partial charge >= 0.3 is 0 Å². The second kappa shape index (κ2) is 6.15. The monoisotopic (exact) mass is 293 g/mol.